The van der Waals surface area contributed by atoms with Crippen LogP contribution < -0.4 is 10.2 Å². The van der Waals surface area contributed by atoms with Crippen LogP contribution in [0.2, 0.25) is 0 Å². The molecule has 26 heavy (non-hydrogen) atoms. The van der Waals surface area contributed by atoms with E-state index in [0.29, 0.717) is 0 Å². The number of aryl methyl sites for hydroxylation is 1. The van der Waals surface area contributed by atoms with E-state index in [1.807, 2.05) is 13.2 Å². The lowest BCUT2D eigenvalue weighted by Crippen LogP contribution is -2.38. The zero-order valence-electron chi connectivity index (χ0n) is 16.1. The predicted molar refractivity (Wildman–Crippen MR) is 109 cm³/mol. The number of rotatable bonds is 5. The Kier molecular flexibility index (Phi) is 6.10. The van der Waals surface area contributed by atoms with Crippen LogP contribution in [0.5, 0.6) is 0 Å². The van der Waals surface area contributed by atoms with Crippen LogP contribution in [0.15, 0.2) is 47.6 Å². The Bertz CT molecular complexity index is 750. The Morgan fingerprint density at radius 3 is 2.73 bits per heavy atom. The molecule has 1 aromatic carbocycles. The van der Waals surface area contributed by atoms with Crippen LogP contribution in [-0.2, 0) is 13.1 Å². The average molecular weight is 351 g/mol. The smallest absolute Gasteiger partial charge is 0.193 e. The summed E-state index contributed by atoms with van der Waals surface area (Å²) >= 11 is 0. The molecule has 0 atom stereocenters. The summed E-state index contributed by atoms with van der Waals surface area (Å²) in [6, 6.07) is 12.7. The van der Waals surface area contributed by atoms with Crippen molar-refractivity contribution in [3.63, 3.8) is 0 Å². The maximum atomic E-state index is 4.53. The summed E-state index contributed by atoms with van der Waals surface area (Å²) in [5.41, 5.74) is 3.85. The normalized spacial score (nSPS) is 14.6. The number of nitrogens with one attached hydrogen (secondary N) is 1. The second-order valence-corrected chi connectivity index (χ2v) is 6.90. The molecule has 1 aliphatic rings. The summed E-state index contributed by atoms with van der Waals surface area (Å²) in [6.07, 6.45) is 4.44. The van der Waals surface area contributed by atoms with Crippen molar-refractivity contribution in [3.8, 4) is 0 Å². The van der Waals surface area contributed by atoms with Crippen molar-refractivity contribution < 1.29 is 0 Å². The first-order chi connectivity index (χ1) is 12.7. The van der Waals surface area contributed by atoms with E-state index in [9.17, 15) is 0 Å². The Morgan fingerprint density at radius 2 is 2.00 bits per heavy atom. The van der Waals surface area contributed by atoms with Gasteiger partial charge < -0.3 is 15.1 Å². The van der Waals surface area contributed by atoms with Gasteiger partial charge in [-0.3, -0.25) is 4.99 Å². The third kappa shape index (κ3) is 4.54. The standard InChI is InChI=1S/C21H29N5/c1-17-8-4-5-9-19(17)16-25(3)21(22-2)24-15-18-10-11-23-20(14-18)26-12-6-7-13-26/h4-5,8-11,14H,6-7,12-13,15-16H2,1-3H3,(H,22,24). The lowest BCUT2D eigenvalue weighted by atomic mass is 10.1. The van der Waals surface area contributed by atoms with Crippen molar-refractivity contribution in [1.29, 1.82) is 0 Å². The molecule has 0 radical (unpaired) electrons. The van der Waals surface area contributed by atoms with Crippen LogP contribution in [0.25, 0.3) is 0 Å². The molecule has 0 saturated carbocycles. The third-order valence-electron chi connectivity index (χ3n) is 4.93. The van der Waals surface area contributed by atoms with Gasteiger partial charge >= 0.3 is 0 Å². The number of nitrogens with zero attached hydrogens (tertiary/aromatic N) is 4. The topological polar surface area (TPSA) is 43.8 Å². The summed E-state index contributed by atoms with van der Waals surface area (Å²) in [7, 11) is 3.91. The fraction of sp³-hybridized carbons (Fsp3) is 0.429. The van der Waals surface area contributed by atoms with Gasteiger partial charge in [0.25, 0.3) is 0 Å². The van der Waals surface area contributed by atoms with Gasteiger partial charge in [0, 0.05) is 46.5 Å². The highest BCUT2D eigenvalue weighted by molar-refractivity contribution is 5.79. The number of hydrogen-bond donors (Lipinski definition) is 1. The molecule has 2 heterocycles. The molecular formula is C21H29N5. The van der Waals surface area contributed by atoms with Crippen LogP contribution in [0.1, 0.15) is 29.5 Å². The molecule has 0 unspecified atom stereocenters. The molecule has 0 aliphatic carbocycles. The Hall–Kier alpha value is -2.56. The zero-order valence-corrected chi connectivity index (χ0v) is 16.1. The van der Waals surface area contributed by atoms with Crippen LogP contribution >= 0.6 is 0 Å². The van der Waals surface area contributed by atoms with E-state index in [1.54, 1.807) is 0 Å². The second-order valence-electron chi connectivity index (χ2n) is 6.90. The van der Waals surface area contributed by atoms with E-state index < -0.39 is 0 Å². The highest BCUT2D eigenvalue weighted by atomic mass is 15.3. The molecule has 5 heteroatoms. The number of aliphatic imine (C=N–C) groups is 1. The van der Waals surface area contributed by atoms with Gasteiger partial charge in [0.1, 0.15) is 5.82 Å². The van der Waals surface area contributed by atoms with Crippen LogP contribution in [0.4, 0.5) is 5.82 Å². The average Bonchev–Trinajstić information content (AvgIpc) is 3.19. The minimum Gasteiger partial charge on any atom is -0.357 e. The monoisotopic (exact) mass is 351 g/mol. The van der Waals surface area contributed by atoms with Crippen LogP contribution in [0, 0.1) is 6.92 Å². The Morgan fingerprint density at radius 1 is 1.23 bits per heavy atom. The van der Waals surface area contributed by atoms with Gasteiger partial charge in [0.15, 0.2) is 5.96 Å². The second kappa shape index (κ2) is 8.70. The summed E-state index contributed by atoms with van der Waals surface area (Å²) < 4.78 is 0. The summed E-state index contributed by atoms with van der Waals surface area (Å²) in [6.45, 7) is 5.96. The van der Waals surface area contributed by atoms with Crippen molar-refractivity contribution >= 4 is 11.8 Å². The molecule has 138 valence electrons. The van der Waals surface area contributed by atoms with Gasteiger partial charge in [-0.2, -0.15) is 0 Å². The molecule has 0 amide bonds. The lowest BCUT2D eigenvalue weighted by Gasteiger charge is -2.23. The number of guanidine groups is 1. The van der Waals surface area contributed by atoms with Crippen molar-refractivity contribution in [2.45, 2.75) is 32.9 Å². The Balaban J connectivity index is 1.60. The van der Waals surface area contributed by atoms with Crippen molar-refractivity contribution in [1.82, 2.24) is 15.2 Å². The highest BCUT2D eigenvalue weighted by Gasteiger charge is 2.14. The molecule has 1 fully saturated rings. The van der Waals surface area contributed by atoms with Gasteiger partial charge in [-0.25, -0.2) is 4.98 Å². The third-order valence-corrected chi connectivity index (χ3v) is 4.93. The SMILES string of the molecule is CN=C(NCc1ccnc(N2CCCC2)c1)N(C)Cc1ccccc1C. The fourth-order valence-corrected chi connectivity index (χ4v) is 3.37. The first kappa shape index (κ1) is 18.2. The fourth-order valence-electron chi connectivity index (χ4n) is 3.37. The van der Waals surface area contributed by atoms with Crippen LogP contribution in [0.3, 0.4) is 0 Å². The van der Waals surface area contributed by atoms with E-state index in [-0.39, 0.29) is 0 Å². The van der Waals surface area contributed by atoms with Crippen molar-refractivity contribution in [2.24, 2.45) is 4.99 Å². The molecule has 0 bridgehead atoms. The van der Waals surface area contributed by atoms with Gasteiger partial charge in [-0.1, -0.05) is 24.3 Å². The van der Waals surface area contributed by atoms with Gasteiger partial charge in [0.05, 0.1) is 0 Å². The molecule has 1 aromatic heterocycles. The van der Waals surface area contributed by atoms with E-state index in [0.717, 1.165) is 38.0 Å². The molecule has 1 N–H and O–H groups in total. The van der Waals surface area contributed by atoms with Gasteiger partial charge in [0.2, 0.25) is 0 Å². The van der Waals surface area contributed by atoms with E-state index in [4.69, 9.17) is 0 Å². The molecule has 2 aromatic rings. The molecule has 5 nitrogen and oxygen atoms in total. The maximum absolute atomic E-state index is 4.53. The van der Waals surface area contributed by atoms with Gasteiger partial charge in [-0.15, -0.1) is 0 Å². The highest BCUT2D eigenvalue weighted by Crippen LogP contribution is 2.18. The number of anilines is 1. The molecular weight excluding hydrogens is 322 g/mol. The summed E-state index contributed by atoms with van der Waals surface area (Å²) in [5.74, 6) is 1.98. The quantitative estimate of drug-likeness (QED) is 0.664. The Labute approximate surface area is 156 Å². The summed E-state index contributed by atoms with van der Waals surface area (Å²) in [5, 5.41) is 3.47. The van der Waals surface area contributed by atoms with Gasteiger partial charge in [-0.05, 0) is 48.6 Å². The number of pyridine rings is 1. The van der Waals surface area contributed by atoms with Crippen molar-refractivity contribution in [3.05, 3.63) is 59.3 Å². The first-order valence-corrected chi connectivity index (χ1v) is 9.33. The first-order valence-electron chi connectivity index (χ1n) is 9.33. The van der Waals surface area contributed by atoms with E-state index in [1.165, 1.54) is 29.5 Å². The zero-order chi connectivity index (χ0) is 18.4. The lowest BCUT2D eigenvalue weighted by molar-refractivity contribution is 0.475. The van der Waals surface area contributed by atoms with Crippen LogP contribution in [-0.4, -0.2) is 43.0 Å². The predicted octanol–water partition coefficient (Wildman–Crippen LogP) is 3.20. The molecule has 1 aliphatic heterocycles. The van der Waals surface area contributed by atoms with E-state index >= 15 is 0 Å². The largest absolute Gasteiger partial charge is 0.357 e. The number of aromatic nitrogens is 1. The minimum atomic E-state index is 0.744. The summed E-state index contributed by atoms with van der Waals surface area (Å²) in [4.78, 5) is 13.5. The minimum absolute atomic E-state index is 0.744. The van der Waals surface area contributed by atoms with E-state index in [2.05, 4.69) is 75.5 Å². The molecule has 0 spiro atoms. The number of hydrogen-bond acceptors (Lipinski definition) is 3. The van der Waals surface area contributed by atoms with Crippen molar-refractivity contribution in [2.75, 3.05) is 32.1 Å². The molecule has 1 saturated heterocycles. The molecule has 3 rings (SSSR count). The maximum Gasteiger partial charge on any atom is 0.193 e. The number of benzene rings is 1.